The monoisotopic (exact) mass is 342 g/mol. The second-order valence-corrected chi connectivity index (χ2v) is 5.84. The van der Waals surface area contributed by atoms with Crippen molar-refractivity contribution in [3.63, 3.8) is 0 Å². The first-order valence-electron chi connectivity index (χ1n) is 6.74. The molecule has 0 aliphatic heterocycles. The van der Waals surface area contributed by atoms with E-state index in [0.717, 1.165) is 32.2 Å². The maximum Gasteiger partial charge on any atom is 0.183 e. The lowest BCUT2D eigenvalue weighted by molar-refractivity contribution is 0.101. The van der Waals surface area contributed by atoms with Gasteiger partial charge in [0.1, 0.15) is 0 Å². The van der Waals surface area contributed by atoms with Crippen molar-refractivity contribution >= 4 is 38.3 Å². The maximum absolute atomic E-state index is 12.4. The topological polar surface area (TPSA) is 44.9 Å². The van der Waals surface area contributed by atoms with Crippen LogP contribution >= 0.6 is 15.9 Å². The van der Waals surface area contributed by atoms with Gasteiger partial charge in [-0.25, -0.2) is 0 Å². The minimum Gasteiger partial charge on any atom is -0.378 e. The summed E-state index contributed by atoms with van der Waals surface area (Å²) in [7, 11) is 0. The number of halogens is 1. The molecule has 3 nitrogen and oxygen atoms in total. The Bertz CT molecular complexity index is 807. The Kier molecular flexibility index (Phi) is 3.80. The van der Waals surface area contributed by atoms with Gasteiger partial charge in [-0.05, 0) is 36.8 Å². The lowest BCUT2D eigenvalue weighted by Crippen LogP contribution is -2.13. The van der Waals surface area contributed by atoms with Crippen molar-refractivity contribution in [3.05, 3.63) is 64.3 Å². The van der Waals surface area contributed by atoms with Crippen LogP contribution in [-0.4, -0.2) is 17.3 Å². The number of ketones is 1. The molecule has 0 spiro atoms. The fourth-order valence-electron chi connectivity index (χ4n) is 2.33. The predicted octanol–water partition coefficient (Wildman–Crippen LogP) is 4.53. The number of rotatable bonds is 4. The van der Waals surface area contributed by atoms with E-state index in [-0.39, 0.29) is 12.3 Å². The zero-order chi connectivity index (χ0) is 14.8. The number of H-pyrrole nitrogens is 1. The predicted molar refractivity (Wildman–Crippen MR) is 90.0 cm³/mol. The first kappa shape index (κ1) is 13.9. The largest absolute Gasteiger partial charge is 0.378 e. The molecule has 0 amide bonds. The molecule has 0 bridgehead atoms. The average molecular weight is 343 g/mol. The highest BCUT2D eigenvalue weighted by Gasteiger charge is 2.11. The Morgan fingerprint density at radius 3 is 2.86 bits per heavy atom. The molecule has 1 aromatic heterocycles. The number of aromatic amines is 1. The van der Waals surface area contributed by atoms with Crippen molar-refractivity contribution in [2.45, 2.75) is 6.92 Å². The second-order valence-electron chi connectivity index (χ2n) is 4.99. The van der Waals surface area contributed by atoms with Crippen molar-refractivity contribution in [1.29, 1.82) is 0 Å². The molecule has 106 valence electrons. The van der Waals surface area contributed by atoms with Gasteiger partial charge in [0.15, 0.2) is 5.78 Å². The van der Waals surface area contributed by atoms with Gasteiger partial charge in [-0.1, -0.05) is 34.1 Å². The van der Waals surface area contributed by atoms with Crippen molar-refractivity contribution in [3.8, 4) is 0 Å². The molecule has 4 heteroatoms. The van der Waals surface area contributed by atoms with Crippen LogP contribution in [0.15, 0.2) is 53.1 Å². The SMILES string of the molecule is Cc1cc(NCC(=O)c2c[nH]c3ccccc23)ccc1Br. The quantitative estimate of drug-likeness (QED) is 0.684. The smallest absolute Gasteiger partial charge is 0.183 e. The number of hydrogen-bond donors (Lipinski definition) is 2. The van der Waals surface area contributed by atoms with E-state index in [0.29, 0.717) is 0 Å². The van der Waals surface area contributed by atoms with Gasteiger partial charge < -0.3 is 10.3 Å². The number of fused-ring (bicyclic) bond motifs is 1. The summed E-state index contributed by atoms with van der Waals surface area (Å²) in [6.07, 6.45) is 1.78. The Morgan fingerprint density at radius 1 is 1.24 bits per heavy atom. The van der Waals surface area contributed by atoms with Crippen LogP contribution in [0.2, 0.25) is 0 Å². The molecule has 21 heavy (non-hydrogen) atoms. The maximum atomic E-state index is 12.4. The lowest BCUT2D eigenvalue weighted by atomic mass is 10.1. The number of carbonyl (C=O) groups is 1. The molecule has 0 radical (unpaired) electrons. The molecule has 0 unspecified atom stereocenters. The van der Waals surface area contributed by atoms with E-state index in [2.05, 4.69) is 26.2 Å². The average Bonchev–Trinajstić information content (AvgIpc) is 2.92. The summed E-state index contributed by atoms with van der Waals surface area (Å²) >= 11 is 3.47. The third-order valence-electron chi connectivity index (χ3n) is 3.50. The van der Waals surface area contributed by atoms with Crippen LogP contribution in [0.3, 0.4) is 0 Å². The molecule has 0 atom stereocenters. The van der Waals surface area contributed by atoms with E-state index >= 15 is 0 Å². The zero-order valence-corrected chi connectivity index (χ0v) is 13.2. The van der Waals surface area contributed by atoms with Gasteiger partial charge in [-0.2, -0.15) is 0 Å². The molecule has 2 aromatic carbocycles. The number of nitrogens with one attached hydrogen (secondary N) is 2. The first-order valence-corrected chi connectivity index (χ1v) is 7.54. The molecule has 3 rings (SSSR count). The van der Waals surface area contributed by atoms with Gasteiger partial charge in [-0.3, -0.25) is 4.79 Å². The van der Waals surface area contributed by atoms with Gasteiger partial charge in [0.25, 0.3) is 0 Å². The molecule has 3 aromatic rings. The fraction of sp³-hybridized carbons (Fsp3) is 0.118. The van der Waals surface area contributed by atoms with Gasteiger partial charge in [0.05, 0.1) is 6.54 Å². The van der Waals surface area contributed by atoms with Gasteiger partial charge in [0.2, 0.25) is 0 Å². The molecular weight excluding hydrogens is 328 g/mol. The Balaban J connectivity index is 1.76. The van der Waals surface area contributed by atoms with Crippen LogP contribution in [-0.2, 0) is 0 Å². The van der Waals surface area contributed by atoms with Crippen LogP contribution in [0.25, 0.3) is 10.9 Å². The zero-order valence-electron chi connectivity index (χ0n) is 11.6. The third kappa shape index (κ3) is 2.85. The highest BCUT2D eigenvalue weighted by atomic mass is 79.9. The molecule has 2 N–H and O–H groups in total. The van der Waals surface area contributed by atoms with Gasteiger partial charge in [-0.15, -0.1) is 0 Å². The van der Waals surface area contributed by atoms with E-state index in [4.69, 9.17) is 0 Å². The number of hydrogen-bond acceptors (Lipinski definition) is 2. The Morgan fingerprint density at radius 2 is 2.05 bits per heavy atom. The number of carbonyl (C=O) groups excluding carboxylic acids is 1. The molecule has 0 aliphatic rings. The number of benzene rings is 2. The van der Waals surface area contributed by atoms with Gasteiger partial charge in [0, 0.05) is 32.8 Å². The molecule has 0 saturated carbocycles. The third-order valence-corrected chi connectivity index (χ3v) is 4.39. The van der Waals surface area contributed by atoms with Crippen molar-refractivity contribution in [2.75, 3.05) is 11.9 Å². The molecule has 0 saturated heterocycles. The molecule has 0 fully saturated rings. The lowest BCUT2D eigenvalue weighted by Gasteiger charge is -2.07. The fourth-order valence-corrected chi connectivity index (χ4v) is 2.58. The van der Waals surface area contributed by atoms with E-state index in [9.17, 15) is 4.79 Å². The summed E-state index contributed by atoms with van der Waals surface area (Å²) in [5.74, 6) is 0.0769. The standard InChI is InChI=1S/C17H15BrN2O/c1-11-8-12(6-7-15(11)18)19-10-17(21)14-9-20-16-5-3-2-4-13(14)16/h2-9,19-20H,10H2,1H3. The van der Waals surface area contributed by atoms with Crippen LogP contribution in [0.1, 0.15) is 15.9 Å². The highest BCUT2D eigenvalue weighted by Crippen LogP contribution is 2.21. The molecule has 1 heterocycles. The van der Waals surface area contributed by atoms with Crippen molar-refractivity contribution < 1.29 is 4.79 Å². The van der Waals surface area contributed by atoms with Crippen molar-refractivity contribution in [1.82, 2.24) is 4.98 Å². The van der Waals surface area contributed by atoms with Crippen LogP contribution in [0, 0.1) is 6.92 Å². The number of Topliss-reactive ketones (excluding diaryl/α,β-unsaturated/α-hetero) is 1. The number of aromatic nitrogens is 1. The highest BCUT2D eigenvalue weighted by molar-refractivity contribution is 9.10. The number of aryl methyl sites for hydroxylation is 1. The molecular formula is C17H15BrN2O. The summed E-state index contributed by atoms with van der Waals surface area (Å²) in [6.45, 7) is 2.31. The molecule has 0 aliphatic carbocycles. The van der Waals surface area contributed by atoms with Gasteiger partial charge >= 0.3 is 0 Å². The van der Waals surface area contributed by atoms with Crippen LogP contribution in [0.5, 0.6) is 0 Å². The minimum absolute atomic E-state index is 0.0769. The number of para-hydroxylation sites is 1. The normalized spacial score (nSPS) is 10.8. The minimum atomic E-state index is 0.0769. The summed E-state index contributed by atoms with van der Waals surface area (Å²) in [5, 5.41) is 4.15. The van der Waals surface area contributed by atoms with E-state index in [1.54, 1.807) is 6.20 Å². The number of anilines is 1. The first-order chi connectivity index (χ1) is 10.1. The summed E-state index contributed by atoms with van der Waals surface area (Å²) in [4.78, 5) is 15.5. The van der Waals surface area contributed by atoms with Crippen molar-refractivity contribution in [2.24, 2.45) is 0 Å². The summed E-state index contributed by atoms with van der Waals surface area (Å²) in [6, 6.07) is 13.8. The Hall–Kier alpha value is -2.07. The summed E-state index contributed by atoms with van der Waals surface area (Å²) in [5.41, 5.74) is 3.80. The van der Waals surface area contributed by atoms with E-state index in [1.165, 1.54) is 0 Å². The van der Waals surface area contributed by atoms with E-state index in [1.807, 2.05) is 49.4 Å². The summed E-state index contributed by atoms with van der Waals surface area (Å²) < 4.78 is 1.07. The Labute approximate surface area is 131 Å². The second kappa shape index (κ2) is 5.74. The van der Waals surface area contributed by atoms with E-state index < -0.39 is 0 Å². The van der Waals surface area contributed by atoms with Crippen LogP contribution in [0.4, 0.5) is 5.69 Å². The van der Waals surface area contributed by atoms with Crippen LogP contribution < -0.4 is 5.32 Å².